The Bertz CT molecular complexity index is 227. The summed E-state index contributed by atoms with van der Waals surface area (Å²) < 4.78 is 25.6. The van der Waals surface area contributed by atoms with E-state index in [0.717, 1.165) is 6.42 Å². The lowest BCUT2D eigenvalue weighted by atomic mass is 10.3. The average Bonchev–Trinajstić information content (AvgIpc) is 2.42. The summed E-state index contributed by atoms with van der Waals surface area (Å²) in [5, 5.41) is 0. The quantitative estimate of drug-likeness (QED) is 0.568. The standard InChI is InChI=1S/C10H15F2N/c1-3-4-5-9(2)13-7-6-10(11,12)8-13/h9H,3,6-8H2,1-2H3. The molecule has 74 valence electrons. The number of likely N-dealkylation sites (tertiary alicyclic amines) is 1. The van der Waals surface area contributed by atoms with E-state index < -0.39 is 5.92 Å². The molecule has 1 atom stereocenters. The van der Waals surface area contributed by atoms with Gasteiger partial charge >= 0.3 is 0 Å². The minimum atomic E-state index is -2.50. The number of alkyl halides is 2. The van der Waals surface area contributed by atoms with E-state index in [0.29, 0.717) is 6.54 Å². The molecule has 13 heavy (non-hydrogen) atoms. The molecule has 0 saturated carbocycles. The van der Waals surface area contributed by atoms with Gasteiger partial charge in [-0.3, -0.25) is 4.90 Å². The maximum Gasteiger partial charge on any atom is 0.261 e. The summed E-state index contributed by atoms with van der Waals surface area (Å²) >= 11 is 0. The second kappa shape index (κ2) is 4.06. The molecule has 1 saturated heterocycles. The van der Waals surface area contributed by atoms with E-state index in [1.165, 1.54) is 0 Å². The van der Waals surface area contributed by atoms with Gasteiger partial charge in [0.2, 0.25) is 0 Å². The molecule has 1 aliphatic heterocycles. The smallest absolute Gasteiger partial charge is 0.261 e. The van der Waals surface area contributed by atoms with Crippen LogP contribution in [0.1, 0.15) is 26.7 Å². The van der Waals surface area contributed by atoms with Crippen LogP contribution in [0.25, 0.3) is 0 Å². The van der Waals surface area contributed by atoms with Crippen molar-refractivity contribution in [3.8, 4) is 11.8 Å². The van der Waals surface area contributed by atoms with Crippen LogP contribution in [-0.4, -0.2) is 30.0 Å². The van der Waals surface area contributed by atoms with Gasteiger partial charge in [-0.15, -0.1) is 5.92 Å². The number of rotatable bonds is 1. The maximum absolute atomic E-state index is 12.8. The Morgan fingerprint density at radius 1 is 1.54 bits per heavy atom. The third-order valence-corrected chi connectivity index (χ3v) is 2.23. The van der Waals surface area contributed by atoms with Crippen molar-refractivity contribution in [1.29, 1.82) is 0 Å². The average molecular weight is 187 g/mol. The van der Waals surface area contributed by atoms with Crippen LogP contribution in [0.4, 0.5) is 8.78 Å². The lowest BCUT2D eigenvalue weighted by molar-refractivity contribution is 0.0106. The predicted molar refractivity (Wildman–Crippen MR) is 48.7 cm³/mol. The van der Waals surface area contributed by atoms with Crippen molar-refractivity contribution in [2.75, 3.05) is 13.1 Å². The molecule has 0 bridgehead atoms. The van der Waals surface area contributed by atoms with Gasteiger partial charge in [0.25, 0.3) is 5.92 Å². The molecule has 0 spiro atoms. The topological polar surface area (TPSA) is 3.24 Å². The molecule has 1 unspecified atom stereocenters. The number of halogens is 2. The Morgan fingerprint density at radius 2 is 2.23 bits per heavy atom. The fourth-order valence-corrected chi connectivity index (χ4v) is 1.43. The third-order valence-electron chi connectivity index (χ3n) is 2.23. The molecule has 1 aliphatic rings. The van der Waals surface area contributed by atoms with E-state index in [4.69, 9.17) is 0 Å². The van der Waals surface area contributed by atoms with Crippen LogP contribution in [-0.2, 0) is 0 Å². The normalized spacial score (nSPS) is 23.7. The van der Waals surface area contributed by atoms with E-state index in [-0.39, 0.29) is 19.0 Å². The molecule has 1 heterocycles. The highest BCUT2D eigenvalue weighted by Gasteiger charge is 2.39. The molecule has 1 fully saturated rings. The first-order valence-corrected chi connectivity index (χ1v) is 4.65. The highest BCUT2D eigenvalue weighted by Crippen LogP contribution is 2.27. The summed E-state index contributed by atoms with van der Waals surface area (Å²) in [6.45, 7) is 4.17. The summed E-state index contributed by atoms with van der Waals surface area (Å²) in [5.41, 5.74) is 0. The second-order valence-corrected chi connectivity index (χ2v) is 3.43. The van der Waals surface area contributed by atoms with Crippen LogP contribution in [0.2, 0.25) is 0 Å². The highest BCUT2D eigenvalue weighted by molar-refractivity contribution is 5.07. The first-order chi connectivity index (χ1) is 6.05. The van der Waals surface area contributed by atoms with Gasteiger partial charge in [-0.05, 0) is 6.92 Å². The van der Waals surface area contributed by atoms with Gasteiger partial charge in [0, 0.05) is 19.4 Å². The number of hydrogen-bond acceptors (Lipinski definition) is 1. The van der Waals surface area contributed by atoms with Crippen LogP contribution in [0.3, 0.4) is 0 Å². The maximum atomic E-state index is 12.8. The molecule has 0 N–H and O–H groups in total. The van der Waals surface area contributed by atoms with E-state index in [1.807, 2.05) is 13.8 Å². The lowest BCUT2D eigenvalue weighted by Gasteiger charge is -2.18. The van der Waals surface area contributed by atoms with Crippen LogP contribution in [0, 0.1) is 11.8 Å². The van der Waals surface area contributed by atoms with Crippen molar-refractivity contribution in [1.82, 2.24) is 4.90 Å². The third kappa shape index (κ3) is 2.96. The molecule has 1 rings (SSSR count). The zero-order chi connectivity index (χ0) is 9.90. The molecule has 0 aliphatic carbocycles. The van der Waals surface area contributed by atoms with Crippen molar-refractivity contribution in [2.24, 2.45) is 0 Å². The Labute approximate surface area is 78.1 Å². The van der Waals surface area contributed by atoms with Crippen LogP contribution >= 0.6 is 0 Å². The second-order valence-electron chi connectivity index (χ2n) is 3.43. The molecule has 0 aromatic heterocycles. The van der Waals surface area contributed by atoms with E-state index in [9.17, 15) is 8.78 Å². The monoisotopic (exact) mass is 187 g/mol. The Morgan fingerprint density at radius 3 is 2.69 bits per heavy atom. The van der Waals surface area contributed by atoms with Crippen LogP contribution in [0.5, 0.6) is 0 Å². The summed E-state index contributed by atoms with van der Waals surface area (Å²) in [7, 11) is 0. The Balaban J connectivity index is 2.46. The van der Waals surface area contributed by atoms with Gasteiger partial charge < -0.3 is 0 Å². The molecule has 0 aromatic rings. The van der Waals surface area contributed by atoms with Gasteiger partial charge in [0.1, 0.15) is 0 Å². The highest BCUT2D eigenvalue weighted by atomic mass is 19.3. The SMILES string of the molecule is CCC#CC(C)N1CCC(F)(F)C1. The first-order valence-electron chi connectivity index (χ1n) is 4.65. The van der Waals surface area contributed by atoms with Crippen molar-refractivity contribution in [3.05, 3.63) is 0 Å². The largest absolute Gasteiger partial charge is 0.284 e. The first kappa shape index (κ1) is 10.5. The summed E-state index contributed by atoms with van der Waals surface area (Å²) in [6.07, 6.45) is 0.764. The van der Waals surface area contributed by atoms with Crippen LogP contribution < -0.4 is 0 Å². The van der Waals surface area contributed by atoms with E-state index >= 15 is 0 Å². The minimum Gasteiger partial charge on any atom is -0.284 e. The van der Waals surface area contributed by atoms with Gasteiger partial charge in [-0.1, -0.05) is 12.8 Å². The fourth-order valence-electron chi connectivity index (χ4n) is 1.43. The number of nitrogens with zero attached hydrogens (tertiary/aromatic N) is 1. The Kier molecular flexibility index (Phi) is 3.27. The summed E-state index contributed by atoms with van der Waals surface area (Å²) in [4.78, 5) is 1.74. The molecule has 3 heteroatoms. The summed E-state index contributed by atoms with van der Waals surface area (Å²) in [6, 6.07) is -0.0340. The van der Waals surface area contributed by atoms with Crippen molar-refractivity contribution < 1.29 is 8.78 Å². The van der Waals surface area contributed by atoms with Gasteiger partial charge in [-0.25, -0.2) is 8.78 Å². The lowest BCUT2D eigenvalue weighted by Crippen LogP contribution is -2.32. The van der Waals surface area contributed by atoms with Gasteiger partial charge in [0.15, 0.2) is 0 Å². The molecule has 1 nitrogen and oxygen atoms in total. The van der Waals surface area contributed by atoms with Gasteiger partial charge in [-0.2, -0.15) is 0 Å². The van der Waals surface area contributed by atoms with E-state index in [1.54, 1.807) is 4.90 Å². The fraction of sp³-hybridized carbons (Fsp3) is 0.800. The zero-order valence-electron chi connectivity index (χ0n) is 8.11. The van der Waals surface area contributed by atoms with Crippen molar-refractivity contribution >= 4 is 0 Å². The van der Waals surface area contributed by atoms with Gasteiger partial charge in [0.05, 0.1) is 12.6 Å². The molecule has 0 aromatic carbocycles. The molecule has 0 radical (unpaired) electrons. The Hall–Kier alpha value is -0.620. The predicted octanol–water partition coefficient (Wildman–Crippen LogP) is 2.13. The summed E-state index contributed by atoms with van der Waals surface area (Å²) in [5.74, 6) is 3.37. The van der Waals surface area contributed by atoms with Crippen LogP contribution in [0.15, 0.2) is 0 Å². The molecular weight excluding hydrogens is 172 g/mol. The van der Waals surface area contributed by atoms with Crippen molar-refractivity contribution in [2.45, 2.75) is 38.7 Å². The number of hydrogen-bond donors (Lipinski definition) is 0. The van der Waals surface area contributed by atoms with E-state index in [2.05, 4.69) is 11.8 Å². The molecular formula is C10H15F2N. The minimum absolute atomic E-state index is 0.0227. The van der Waals surface area contributed by atoms with Crippen molar-refractivity contribution in [3.63, 3.8) is 0 Å². The molecule has 0 amide bonds. The zero-order valence-corrected chi connectivity index (χ0v) is 8.11.